The predicted molar refractivity (Wildman–Crippen MR) is 55.1 cm³/mol. The third kappa shape index (κ3) is 3.09. The number of nitrogens with one attached hydrogen (secondary N) is 1. The van der Waals surface area contributed by atoms with Gasteiger partial charge in [-0.25, -0.2) is 0 Å². The molecule has 0 unspecified atom stereocenters. The predicted octanol–water partition coefficient (Wildman–Crippen LogP) is 1.19. The summed E-state index contributed by atoms with van der Waals surface area (Å²) in [7, 11) is 1.62. The molecular formula is C11H14NO2. The van der Waals surface area contributed by atoms with Gasteiger partial charge >= 0.3 is 0 Å². The third-order valence-electron chi connectivity index (χ3n) is 1.85. The van der Waals surface area contributed by atoms with Crippen LogP contribution in [0.15, 0.2) is 24.3 Å². The van der Waals surface area contributed by atoms with Crippen LogP contribution in [0.2, 0.25) is 0 Å². The largest absolute Gasteiger partial charge is 0.497 e. The van der Waals surface area contributed by atoms with Gasteiger partial charge < -0.3 is 10.1 Å². The quantitative estimate of drug-likeness (QED) is 0.778. The van der Waals surface area contributed by atoms with Crippen LogP contribution in [0.1, 0.15) is 5.56 Å². The molecule has 0 heterocycles. The van der Waals surface area contributed by atoms with Gasteiger partial charge in [0.2, 0.25) is 5.91 Å². The van der Waals surface area contributed by atoms with Crippen molar-refractivity contribution in [2.45, 2.75) is 6.42 Å². The van der Waals surface area contributed by atoms with E-state index in [2.05, 4.69) is 12.2 Å². The van der Waals surface area contributed by atoms with Crippen molar-refractivity contribution in [1.82, 2.24) is 5.32 Å². The lowest BCUT2D eigenvalue weighted by atomic mass is 10.1. The molecule has 1 radical (unpaired) electrons. The molecule has 1 amide bonds. The smallest absolute Gasteiger partial charge is 0.224 e. The number of benzene rings is 1. The van der Waals surface area contributed by atoms with Gasteiger partial charge in [0, 0.05) is 6.54 Å². The fourth-order valence-corrected chi connectivity index (χ4v) is 1.13. The van der Waals surface area contributed by atoms with Gasteiger partial charge in [-0.3, -0.25) is 4.79 Å². The SMILES string of the molecule is [CH2]CNC(=O)Cc1ccc(OC)cc1. The maximum absolute atomic E-state index is 11.2. The van der Waals surface area contributed by atoms with E-state index in [1.807, 2.05) is 24.3 Å². The summed E-state index contributed by atoms with van der Waals surface area (Å²) in [5.74, 6) is 0.788. The van der Waals surface area contributed by atoms with E-state index in [0.29, 0.717) is 13.0 Å². The van der Waals surface area contributed by atoms with E-state index in [9.17, 15) is 4.79 Å². The van der Waals surface area contributed by atoms with Crippen LogP contribution in [0.4, 0.5) is 0 Å². The molecule has 0 aliphatic rings. The molecule has 0 saturated carbocycles. The van der Waals surface area contributed by atoms with E-state index in [4.69, 9.17) is 4.74 Å². The summed E-state index contributed by atoms with van der Waals surface area (Å²) in [6.07, 6.45) is 0.388. The molecule has 1 rings (SSSR count). The fraction of sp³-hybridized carbons (Fsp3) is 0.273. The number of hydrogen-bond acceptors (Lipinski definition) is 2. The molecule has 0 saturated heterocycles. The lowest BCUT2D eigenvalue weighted by Crippen LogP contribution is -2.24. The second-order valence-electron chi connectivity index (χ2n) is 2.87. The van der Waals surface area contributed by atoms with E-state index >= 15 is 0 Å². The molecule has 3 heteroatoms. The van der Waals surface area contributed by atoms with Gasteiger partial charge in [0.15, 0.2) is 0 Å². The molecular weight excluding hydrogens is 178 g/mol. The van der Waals surface area contributed by atoms with Crippen LogP contribution >= 0.6 is 0 Å². The Kier molecular flexibility index (Phi) is 3.98. The van der Waals surface area contributed by atoms with Crippen molar-refractivity contribution in [3.8, 4) is 5.75 Å². The van der Waals surface area contributed by atoms with E-state index in [0.717, 1.165) is 11.3 Å². The minimum atomic E-state index is -0.00910. The Morgan fingerprint density at radius 3 is 2.57 bits per heavy atom. The van der Waals surface area contributed by atoms with Gasteiger partial charge in [-0.15, -0.1) is 0 Å². The minimum Gasteiger partial charge on any atom is -0.497 e. The maximum Gasteiger partial charge on any atom is 0.224 e. The lowest BCUT2D eigenvalue weighted by molar-refractivity contribution is -0.120. The number of methoxy groups -OCH3 is 1. The van der Waals surface area contributed by atoms with Crippen LogP contribution in [-0.4, -0.2) is 19.6 Å². The first-order valence-electron chi connectivity index (χ1n) is 4.45. The Morgan fingerprint density at radius 2 is 2.07 bits per heavy atom. The highest BCUT2D eigenvalue weighted by atomic mass is 16.5. The first-order chi connectivity index (χ1) is 6.76. The molecule has 1 aromatic carbocycles. The Balaban J connectivity index is 2.55. The van der Waals surface area contributed by atoms with Crippen molar-refractivity contribution < 1.29 is 9.53 Å². The summed E-state index contributed by atoms with van der Waals surface area (Å²) in [6.45, 7) is 3.97. The van der Waals surface area contributed by atoms with Gasteiger partial charge in [-0.1, -0.05) is 12.1 Å². The summed E-state index contributed by atoms with van der Waals surface area (Å²) in [4.78, 5) is 11.2. The van der Waals surface area contributed by atoms with Gasteiger partial charge in [0.05, 0.1) is 13.5 Å². The van der Waals surface area contributed by atoms with Crippen LogP contribution in [0, 0.1) is 6.92 Å². The van der Waals surface area contributed by atoms with Gasteiger partial charge in [-0.05, 0) is 24.6 Å². The van der Waals surface area contributed by atoms with Crippen LogP contribution in [0.5, 0.6) is 5.75 Å². The van der Waals surface area contributed by atoms with Gasteiger partial charge in [0.25, 0.3) is 0 Å². The number of carbonyl (C=O) groups is 1. The van der Waals surface area contributed by atoms with Crippen LogP contribution < -0.4 is 10.1 Å². The molecule has 0 aromatic heterocycles. The zero-order valence-corrected chi connectivity index (χ0v) is 8.25. The Morgan fingerprint density at radius 1 is 1.43 bits per heavy atom. The molecule has 0 spiro atoms. The number of hydrogen-bond donors (Lipinski definition) is 1. The molecule has 0 fully saturated rings. The number of rotatable bonds is 4. The Hall–Kier alpha value is -1.51. The van der Waals surface area contributed by atoms with Crippen LogP contribution in [0.3, 0.4) is 0 Å². The van der Waals surface area contributed by atoms with Crippen LogP contribution in [0.25, 0.3) is 0 Å². The fourth-order valence-electron chi connectivity index (χ4n) is 1.13. The molecule has 0 aliphatic carbocycles. The Labute approximate surface area is 84.1 Å². The monoisotopic (exact) mass is 192 g/mol. The van der Waals surface area contributed by atoms with Crippen molar-refractivity contribution in [1.29, 1.82) is 0 Å². The first-order valence-corrected chi connectivity index (χ1v) is 4.45. The summed E-state index contributed by atoms with van der Waals surface area (Å²) in [5.41, 5.74) is 0.969. The van der Waals surface area contributed by atoms with E-state index in [-0.39, 0.29) is 5.91 Å². The van der Waals surface area contributed by atoms with Crippen molar-refractivity contribution in [2.24, 2.45) is 0 Å². The highest BCUT2D eigenvalue weighted by Gasteiger charge is 2.01. The lowest BCUT2D eigenvalue weighted by Gasteiger charge is -2.03. The molecule has 1 aromatic rings. The van der Waals surface area contributed by atoms with Gasteiger partial charge in [-0.2, -0.15) is 0 Å². The number of amides is 1. The van der Waals surface area contributed by atoms with E-state index in [1.165, 1.54) is 0 Å². The zero-order chi connectivity index (χ0) is 10.4. The first kappa shape index (κ1) is 10.6. The Bertz CT molecular complexity index is 293. The molecule has 75 valence electrons. The molecule has 0 aliphatic heterocycles. The summed E-state index contributed by atoms with van der Waals surface area (Å²) < 4.78 is 5.01. The van der Waals surface area contributed by atoms with Crippen molar-refractivity contribution >= 4 is 5.91 Å². The average Bonchev–Trinajstić information content (AvgIpc) is 2.19. The number of carbonyl (C=O) groups excluding carboxylic acids is 1. The summed E-state index contributed by atoms with van der Waals surface area (Å²) in [6, 6.07) is 7.43. The molecule has 3 nitrogen and oxygen atoms in total. The van der Waals surface area contributed by atoms with Crippen molar-refractivity contribution in [3.63, 3.8) is 0 Å². The molecule has 1 N–H and O–H groups in total. The van der Waals surface area contributed by atoms with E-state index < -0.39 is 0 Å². The van der Waals surface area contributed by atoms with Crippen molar-refractivity contribution in [3.05, 3.63) is 36.8 Å². The standard InChI is InChI=1S/C11H14NO2/c1-3-12-11(13)8-9-4-6-10(14-2)7-5-9/h4-7H,1,3,8H2,2H3,(H,12,13). The third-order valence-corrected chi connectivity index (χ3v) is 1.85. The normalized spacial score (nSPS) is 9.57. The maximum atomic E-state index is 11.2. The second kappa shape index (κ2) is 5.27. The minimum absolute atomic E-state index is 0.00910. The van der Waals surface area contributed by atoms with Crippen LogP contribution in [-0.2, 0) is 11.2 Å². The summed E-state index contributed by atoms with van der Waals surface area (Å²) >= 11 is 0. The zero-order valence-electron chi connectivity index (χ0n) is 8.25. The number of ether oxygens (including phenoxy) is 1. The second-order valence-corrected chi connectivity index (χ2v) is 2.87. The highest BCUT2D eigenvalue weighted by molar-refractivity contribution is 5.78. The molecule has 0 bridgehead atoms. The topological polar surface area (TPSA) is 38.3 Å². The van der Waals surface area contributed by atoms with E-state index in [1.54, 1.807) is 7.11 Å². The van der Waals surface area contributed by atoms with Gasteiger partial charge in [0.1, 0.15) is 5.75 Å². The molecule has 0 atom stereocenters. The summed E-state index contributed by atoms with van der Waals surface area (Å²) in [5, 5.41) is 2.64. The molecule has 14 heavy (non-hydrogen) atoms. The highest BCUT2D eigenvalue weighted by Crippen LogP contribution is 2.11. The van der Waals surface area contributed by atoms with Crippen molar-refractivity contribution in [2.75, 3.05) is 13.7 Å². The average molecular weight is 192 g/mol.